The fourth-order valence-electron chi connectivity index (χ4n) is 3.82. The molecular weight excluding hydrogens is 394 g/mol. The number of benzene rings is 3. The van der Waals surface area contributed by atoms with Crippen molar-refractivity contribution in [2.75, 3.05) is 0 Å². The first-order valence-corrected chi connectivity index (χ1v) is 10.4. The Morgan fingerprint density at radius 2 is 1.93 bits per heavy atom. The number of aromatic nitrogens is 2. The minimum absolute atomic E-state index is 0.0785. The molecule has 4 aromatic rings. The number of rotatable bonds is 5. The van der Waals surface area contributed by atoms with Gasteiger partial charge in [-0.15, -0.1) is 0 Å². The molecule has 4 rings (SSSR count). The second-order valence-electron chi connectivity index (χ2n) is 7.76. The lowest BCUT2D eigenvalue weighted by molar-refractivity contribution is 0.0940. The molecule has 0 aliphatic carbocycles. The van der Waals surface area contributed by atoms with E-state index in [2.05, 4.69) is 42.5 Å². The molecule has 0 aliphatic heterocycles. The second kappa shape index (κ2) is 8.33. The van der Waals surface area contributed by atoms with Crippen molar-refractivity contribution in [1.82, 2.24) is 15.1 Å². The standard InChI is InChI=1S/C25H24ClN3O/c1-16-7-10-23(17(2)11-16)18(3)28-25(30)20-8-9-21-14-27-29(24(21)13-20)15-19-5-4-6-22(26)12-19/h4-14,18H,15H2,1-3H3,(H,28,30)/t18-/m1/s1. The summed E-state index contributed by atoms with van der Waals surface area (Å²) in [6.45, 7) is 6.75. The van der Waals surface area contributed by atoms with Gasteiger partial charge in [-0.3, -0.25) is 9.48 Å². The third kappa shape index (κ3) is 4.24. The highest BCUT2D eigenvalue weighted by Crippen LogP contribution is 2.21. The van der Waals surface area contributed by atoms with Gasteiger partial charge in [0, 0.05) is 16.0 Å². The molecule has 0 aliphatic rings. The van der Waals surface area contributed by atoms with Crippen LogP contribution in [0.5, 0.6) is 0 Å². The van der Waals surface area contributed by atoms with Crippen LogP contribution >= 0.6 is 11.6 Å². The molecule has 30 heavy (non-hydrogen) atoms. The summed E-state index contributed by atoms with van der Waals surface area (Å²) in [4.78, 5) is 12.9. The van der Waals surface area contributed by atoms with Crippen molar-refractivity contribution in [3.05, 3.63) is 99.7 Å². The van der Waals surface area contributed by atoms with Crippen molar-refractivity contribution >= 4 is 28.4 Å². The van der Waals surface area contributed by atoms with Crippen molar-refractivity contribution in [3.63, 3.8) is 0 Å². The van der Waals surface area contributed by atoms with E-state index in [1.807, 2.05) is 60.3 Å². The number of carbonyl (C=O) groups is 1. The predicted octanol–water partition coefficient (Wildman–Crippen LogP) is 5.85. The molecule has 1 amide bonds. The van der Waals surface area contributed by atoms with Crippen molar-refractivity contribution in [1.29, 1.82) is 0 Å². The molecular formula is C25H24ClN3O. The molecule has 0 fully saturated rings. The molecule has 1 aromatic heterocycles. The maximum Gasteiger partial charge on any atom is 0.251 e. The highest BCUT2D eigenvalue weighted by Gasteiger charge is 2.15. The zero-order chi connectivity index (χ0) is 21.3. The first-order chi connectivity index (χ1) is 14.4. The summed E-state index contributed by atoms with van der Waals surface area (Å²) >= 11 is 6.11. The van der Waals surface area contributed by atoms with Gasteiger partial charge in [0.05, 0.1) is 24.3 Å². The van der Waals surface area contributed by atoms with Gasteiger partial charge in [0.25, 0.3) is 5.91 Å². The van der Waals surface area contributed by atoms with Crippen LogP contribution in [0.2, 0.25) is 5.02 Å². The SMILES string of the molecule is Cc1ccc([C@@H](C)NC(=O)c2ccc3cnn(Cc4cccc(Cl)c4)c3c2)c(C)c1. The first kappa shape index (κ1) is 20.2. The average Bonchev–Trinajstić information content (AvgIpc) is 3.10. The van der Waals surface area contributed by atoms with Gasteiger partial charge in [-0.05, 0) is 61.7 Å². The summed E-state index contributed by atoms with van der Waals surface area (Å²) in [7, 11) is 0. The van der Waals surface area contributed by atoms with Crippen LogP contribution < -0.4 is 5.32 Å². The maximum atomic E-state index is 12.9. The van der Waals surface area contributed by atoms with Gasteiger partial charge in [0.1, 0.15) is 0 Å². The Hall–Kier alpha value is -3.11. The largest absolute Gasteiger partial charge is 0.346 e. The van der Waals surface area contributed by atoms with Gasteiger partial charge in [-0.25, -0.2) is 0 Å². The molecule has 5 heteroatoms. The number of fused-ring (bicyclic) bond motifs is 1. The fraction of sp³-hybridized carbons (Fsp3) is 0.200. The minimum atomic E-state index is -0.0973. The van der Waals surface area contributed by atoms with Crippen LogP contribution in [0.4, 0.5) is 0 Å². The van der Waals surface area contributed by atoms with Crippen molar-refractivity contribution in [2.45, 2.75) is 33.4 Å². The Morgan fingerprint density at radius 1 is 1.10 bits per heavy atom. The van der Waals surface area contributed by atoms with Crippen molar-refractivity contribution in [2.24, 2.45) is 0 Å². The van der Waals surface area contributed by atoms with Gasteiger partial charge in [-0.2, -0.15) is 5.10 Å². The van der Waals surface area contributed by atoms with Crippen LogP contribution in [0, 0.1) is 13.8 Å². The Balaban J connectivity index is 1.57. The summed E-state index contributed by atoms with van der Waals surface area (Å²) in [6, 6.07) is 19.6. The van der Waals surface area contributed by atoms with E-state index in [1.54, 1.807) is 0 Å². The summed E-state index contributed by atoms with van der Waals surface area (Å²) in [5, 5.41) is 9.31. The number of hydrogen-bond acceptors (Lipinski definition) is 2. The Labute approximate surface area is 181 Å². The van der Waals surface area contributed by atoms with E-state index in [-0.39, 0.29) is 11.9 Å². The van der Waals surface area contributed by atoms with Gasteiger partial charge < -0.3 is 5.32 Å². The van der Waals surface area contributed by atoms with Crippen LogP contribution in [0.1, 0.15) is 45.6 Å². The minimum Gasteiger partial charge on any atom is -0.346 e. The molecule has 0 saturated heterocycles. The van der Waals surface area contributed by atoms with Gasteiger partial charge in [-0.1, -0.05) is 53.6 Å². The highest BCUT2D eigenvalue weighted by molar-refractivity contribution is 6.30. The lowest BCUT2D eigenvalue weighted by atomic mass is 10.00. The van der Waals surface area contributed by atoms with Crippen LogP contribution in [-0.4, -0.2) is 15.7 Å². The second-order valence-corrected chi connectivity index (χ2v) is 8.20. The number of halogens is 1. The van der Waals surface area contributed by atoms with E-state index in [0.717, 1.165) is 22.0 Å². The highest BCUT2D eigenvalue weighted by atomic mass is 35.5. The monoisotopic (exact) mass is 417 g/mol. The van der Waals surface area contributed by atoms with Crippen LogP contribution in [0.15, 0.2) is 66.9 Å². The van der Waals surface area contributed by atoms with Crippen LogP contribution in [-0.2, 0) is 6.54 Å². The Kier molecular flexibility index (Phi) is 5.60. The van der Waals surface area contributed by atoms with Crippen LogP contribution in [0.3, 0.4) is 0 Å². The first-order valence-electron chi connectivity index (χ1n) is 9.99. The third-order valence-electron chi connectivity index (χ3n) is 5.37. The van der Waals surface area contributed by atoms with E-state index in [4.69, 9.17) is 11.6 Å². The molecule has 1 N–H and O–H groups in total. The van der Waals surface area contributed by atoms with E-state index < -0.39 is 0 Å². The van der Waals surface area contributed by atoms with Crippen LogP contribution in [0.25, 0.3) is 10.9 Å². The topological polar surface area (TPSA) is 46.9 Å². The molecule has 0 bridgehead atoms. The maximum absolute atomic E-state index is 12.9. The summed E-state index contributed by atoms with van der Waals surface area (Å²) in [6.07, 6.45) is 1.82. The van der Waals surface area contributed by atoms with Crippen molar-refractivity contribution < 1.29 is 4.79 Å². The van der Waals surface area contributed by atoms with Gasteiger partial charge in [0.2, 0.25) is 0 Å². The van der Waals surface area contributed by atoms with E-state index in [1.165, 1.54) is 11.1 Å². The molecule has 3 aromatic carbocycles. The fourth-order valence-corrected chi connectivity index (χ4v) is 4.03. The third-order valence-corrected chi connectivity index (χ3v) is 5.60. The molecule has 152 valence electrons. The van der Waals surface area contributed by atoms with E-state index >= 15 is 0 Å². The molecule has 1 heterocycles. The summed E-state index contributed by atoms with van der Waals surface area (Å²) < 4.78 is 1.89. The number of nitrogens with zero attached hydrogens (tertiary/aromatic N) is 2. The smallest absolute Gasteiger partial charge is 0.251 e. The van der Waals surface area contributed by atoms with E-state index in [0.29, 0.717) is 17.1 Å². The number of amides is 1. The van der Waals surface area contributed by atoms with Gasteiger partial charge in [0.15, 0.2) is 0 Å². The molecule has 0 spiro atoms. The number of carbonyl (C=O) groups excluding carboxylic acids is 1. The molecule has 1 atom stereocenters. The zero-order valence-corrected chi connectivity index (χ0v) is 18.1. The summed E-state index contributed by atoms with van der Waals surface area (Å²) in [5.41, 5.74) is 6.12. The Morgan fingerprint density at radius 3 is 2.70 bits per heavy atom. The number of nitrogens with one attached hydrogen (secondary N) is 1. The lowest BCUT2D eigenvalue weighted by Crippen LogP contribution is -2.27. The summed E-state index contributed by atoms with van der Waals surface area (Å²) in [5.74, 6) is -0.0973. The normalized spacial score (nSPS) is 12.1. The molecule has 0 radical (unpaired) electrons. The Bertz CT molecular complexity index is 1230. The van der Waals surface area contributed by atoms with Crippen molar-refractivity contribution in [3.8, 4) is 0 Å². The molecule has 4 nitrogen and oxygen atoms in total. The lowest BCUT2D eigenvalue weighted by Gasteiger charge is -2.17. The predicted molar refractivity (Wildman–Crippen MR) is 122 cm³/mol. The molecule has 0 saturated carbocycles. The number of aryl methyl sites for hydroxylation is 2. The van der Waals surface area contributed by atoms with Gasteiger partial charge >= 0.3 is 0 Å². The van der Waals surface area contributed by atoms with E-state index in [9.17, 15) is 4.79 Å². The quantitative estimate of drug-likeness (QED) is 0.443. The average molecular weight is 418 g/mol. The number of hydrogen-bond donors (Lipinski definition) is 1. The molecule has 0 unspecified atom stereocenters. The zero-order valence-electron chi connectivity index (χ0n) is 17.3.